The van der Waals surface area contributed by atoms with Crippen LogP contribution < -0.4 is 10.1 Å². The van der Waals surface area contributed by atoms with E-state index >= 15 is 0 Å². The van der Waals surface area contributed by atoms with Crippen molar-refractivity contribution >= 4 is 29.1 Å². The van der Waals surface area contributed by atoms with Crippen molar-refractivity contribution in [3.8, 4) is 5.75 Å². The van der Waals surface area contributed by atoms with Gasteiger partial charge in [-0.3, -0.25) is 4.79 Å². The van der Waals surface area contributed by atoms with Gasteiger partial charge >= 0.3 is 0 Å². The minimum atomic E-state index is -0.271. The van der Waals surface area contributed by atoms with Crippen LogP contribution in [0.15, 0.2) is 18.2 Å². The number of ether oxygens (including phenoxy) is 1. The van der Waals surface area contributed by atoms with Gasteiger partial charge in [-0.2, -0.15) is 0 Å². The first kappa shape index (κ1) is 14.1. The third-order valence-corrected chi connectivity index (χ3v) is 2.16. The molecule has 0 aliphatic rings. The van der Waals surface area contributed by atoms with E-state index in [-0.39, 0.29) is 18.1 Å². The summed E-state index contributed by atoms with van der Waals surface area (Å²) in [7, 11) is 0. The number of rotatable bonds is 3. The van der Waals surface area contributed by atoms with Gasteiger partial charge in [0, 0.05) is 15.6 Å². The third kappa shape index (κ3) is 5.80. The van der Waals surface area contributed by atoms with Crippen molar-refractivity contribution < 1.29 is 9.53 Å². The largest absolute Gasteiger partial charge is 0.484 e. The molecule has 0 saturated carbocycles. The molecule has 0 spiro atoms. The predicted octanol–water partition coefficient (Wildman–Crippen LogP) is 3.29. The van der Waals surface area contributed by atoms with Crippen molar-refractivity contribution in [3.63, 3.8) is 0 Å². The number of amides is 1. The molecule has 0 fully saturated rings. The van der Waals surface area contributed by atoms with E-state index in [1.807, 2.05) is 20.8 Å². The summed E-state index contributed by atoms with van der Waals surface area (Å²) in [5.74, 6) is 0.292. The summed E-state index contributed by atoms with van der Waals surface area (Å²) >= 11 is 11.6. The van der Waals surface area contributed by atoms with E-state index < -0.39 is 0 Å². The first-order valence-corrected chi connectivity index (χ1v) is 5.92. The molecule has 1 aromatic rings. The Morgan fingerprint density at radius 2 is 1.76 bits per heavy atom. The Labute approximate surface area is 111 Å². The van der Waals surface area contributed by atoms with Gasteiger partial charge in [-0.05, 0) is 39.0 Å². The maximum atomic E-state index is 11.5. The molecule has 1 rings (SSSR count). The molecule has 0 atom stereocenters. The van der Waals surface area contributed by atoms with Crippen LogP contribution in [-0.4, -0.2) is 18.1 Å². The first-order chi connectivity index (χ1) is 7.76. The molecular formula is C12H15Cl2NO2. The number of carbonyl (C=O) groups is 1. The van der Waals surface area contributed by atoms with Gasteiger partial charge in [-0.1, -0.05) is 23.2 Å². The Morgan fingerprint density at radius 1 is 1.24 bits per heavy atom. The summed E-state index contributed by atoms with van der Waals surface area (Å²) in [5, 5.41) is 3.74. The molecule has 94 valence electrons. The minimum absolute atomic E-state index is 0.0616. The minimum Gasteiger partial charge on any atom is -0.484 e. The Kier molecular flexibility index (Phi) is 4.66. The number of benzene rings is 1. The van der Waals surface area contributed by atoms with Crippen LogP contribution in [0.3, 0.4) is 0 Å². The first-order valence-electron chi connectivity index (χ1n) is 5.16. The van der Waals surface area contributed by atoms with Crippen LogP contribution in [0.4, 0.5) is 0 Å². The lowest BCUT2D eigenvalue weighted by atomic mass is 10.1. The molecule has 0 saturated heterocycles. The molecule has 0 unspecified atom stereocenters. The normalized spacial score (nSPS) is 11.1. The summed E-state index contributed by atoms with van der Waals surface area (Å²) in [6, 6.07) is 4.82. The Balaban J connectivity index is 2.53. The fourth-order valence-electron chi connectivity index (χ4n) is 1.22. The second-order valence-electron chi connectivity index (χ2n) is 4.69. The summed E-state index contributed by atoms with van der Waals surface area (Å²) in [4.78, 5) is 11.5. The second-order valence-corrected chi connectivity index (χ2v) is 5.56. The zero-order valence-corrected chi connectivity index (χ0v) is 11.5. The van der Waals surface area contributed by atoms with Crippen LogP contribution in [0, 0.1) is 0 Å². The van der Waals surface area contributed by atoms with Crippen LogP contribution in [0.1, 0.15) is 20.8 Å². The Hall–Kier alpha value is -0.930. The lowest BCUT2D eigenvalue weighted by Crippen LogP contribution is -2.43. The maximum absolute atomic E-state index is 11.5. The topological polar surface area (TPSA) is 38.3 Å². The summed E-state index contributed by atoms with van der Waals surface area (Å²) in [5.41, 5.74) is -0.271. The van der Waals surface area contributed by atoms with Crippen molar-refractivity contribution in [1.29, 1.82) is 0 Å². The van der Waals surface area contributed by atoms with Gasteiger partial charge in [-0.15, -0.1) is 0 Å². The van der Waals surface area contributed by atoms with E-state index in [9.17, 15) is 4.79 Å². The fraction of sp³-hybridized carbons (Fsp3) is 0.417. The monoisotopic (exact) mass is 275 g/mol. The highest BCUT2D eigenvalue weighted by Crippen LogP contribution is 2.24. The maximum Gasteiger partial charge on any atom is 0.258 e. The predicted molar refractivity (Wildman–Crippen MR) is 69.9 cm³/mol. The van der Waals surface area contributed by atoms with Crippen molar-refractivity contribution in [3.05, 3.63) is 28.2 Å². The zero-order chi connectivity index (χ0) is 13.1. The van der Waals surface area contributed by atoms with Crippen molar-refractivity contribution in [2.45, 2.75) is 26.3 Å². The van der Waals surface area contributed by atoms with E-state index in [0.29, 0.717) is 15.8 Å². The highest BCUT2D eigenvalue weighted by molar-refractivity contribution is 6.34. The molecule has 0 aliphatic heterocycles. The van der Waals surface area contributed by atoms with E-state index in [1.165, 1.54) is 0 Å². The molecule has 0 bridgehead atoms. The smallest absolute Gasteiger partial charge is 0.258 e. The quantitative estimate of drug-likeness (QED) is 0.920. The van der Waals surface area contributed by atoms with E-state index in [2.05, 4.69) is 5.32 Å². The van der Waals surface area contributed by atoms with Crippen LogP contribution in [0.5, 0.6) is 5.75 Å². The van der Waals surface area contributed by atoms with E-state index in [0.717, 1.165) is 0 Å². The molecule has 1 amide bonds. The highest BCUT2D eigenvalue weighted by Gasteiger charge is 2.14. The number of carbonyl (C=O) groups excluding carboxylic acids is 1. The average Bonchev–Trinajstić information content (AvgIpc) is 2.10. The Morgan fingerprint density at radius 3 is 2.24 bits per heavy atom. The van der Waals surface area contributed by atoms with E-state index in [1.54, 1.807) is 18.2 Å². The van der Waals surface area contributed by atoms with Crippen LogP contribution in [0.25, 0.3) is 0 Å². The highest BCUT2D eigenvalue weighted by atomic mass is 35.5. The molecule has 17 heavy (non-hydrogen) atoms. The lowest BCUT2D eigenvalue weighted by Gasteiger charge is -2.20. The lowest BCUT2D eigenvalue weighted by molar-refractivity contribution is -0.124. The molecule has 0 heterocycles. The average molecular weight is 276 g/mol. The fourth-order valence-corrected chi connectivity index (χ4v) is 1.72. The SMILES string of the molecule is CC(C)(C)NC(=O)COc1cc(Cl)cc(Cl)c1. The standard InChI is InChI=1S/C12H15Cl2NO2/c1-12(2,3)15-11(16)7-17-10-5-8(13)4-9(14)6-10/h4-6H,7H2,1-3H3,(H,15,16). The molecule has 0 radical (unpaired) electrons. The summed E-state index contributed by atoms with van der Waals surface area (Å²) in [6.45, 7) is 5.65. The molecule has 0 aromatic heterocycles. The molecule has 1 N–H and O–H groups in total. The second kappa shape index (κ2) is 5.61. The van der Waals surface area contributed by atoms with Gasteiger partial charge in [0.2, 0.25) is 0 Å². The summed E-state index contributed by atoms with van der Waals surface area (Å²) < 4.78 is 5.29. The molecule has 3 nitrogen and oxygen atoms in total. The van der Waals surface area contributed by atoms with Crippen LogP contribution in [-0.2, 0) is 4.79 Å². The van der Waals surface area contributed by atoms with Gasteiger partial charge in [0.25, 0.3) is 5.91 Å². The van der Waals surface area contributed by atoms with Crippen LogP contribution >= 0.6 is 23.2 Å². The van der Waals surface area contributed by atoms with Crippen molar-refractivity contribution in [2.24, 2.45) is 0 Å². The number of nitrogens with one attached hydrogen (secondary N) is 1. The third-order valence-electron chi connectivity index (χ3n) is 1.72. The van der Waals surface area contributed by atoms with Gasteiger partial charge < -0.3 is 10.1 Å². The number of hydrogen-bond donors (Lipinski definition) is 1. The van der Waals surface area contributed by atoms with Gasteiger partial charge in [-0.25, -0.2) is 0 Å². The molecule has 5 heteroatoms. The van der Waals surface area contributed by atoms with Gasteiger partial charge in [0.15, 0.2) is 6.61 Å². The van der Waals surface area contributed by atoms with Gasteiger partial charge in [0.1, 0.15) is 5.75 Å². The summed E-state index contributed by atoms with van der Waals surface area (Å²) in [6.07, 6.45) is 0. The van der Waals surface area contributed by atoms with Gasteiger partial charge in [0.05, 0.1) is 0 Å². The zero-order valence-electron chi connectivity index (χ0n) is 10.0. The molecular weight excluding hydrogens is 261 g/mol. The Bertz CT molecular complexity index is 393. The number of halogens is 2. The van der Waals surface area contributed by atoms with Crippen molar-refractivity contribution in [1.82, 2.24) is 5.32 Å². The number of hydrogen-bond acceptors (Lipinski definition) is 2. The molecule has 0 aliphatic carbocycles. The van der Waals surface area contributed by atoms with Crippen LogP contribution in [0.2, 0.25) is 10.0 Å². The van der Waals surface area contributed by atoms with Crippen molar-refractivity contribution in [2.75, 3.05) is 6.61 Å². The molecule has 1 aromatic carbocycles. The van der Waals surface area contributed by atoms with E-state index in [4.69, 9.17) is 27.9 Å².